The monoisotopic (exact) mass is 679 g/mol. The smallest absolute Gasteiger partial charge is 0.160 e. The third kappa shape index (κ3) is 4.53. The van der Waals surface area contributed by atoms with E-state index < -0.39 is 5.41 Å². The summed E-state index contributed by atoms with van der Waals surface area (Å²) in [6, 6.07) is 64.2. The van der Waals surface area contributed by atoms with Crippen LogP contribution in [0.15, 0.2) is 186 Å². The third-order valence-corrected chi connectivity index (χ3v) is 11.6. The second kappa shape index (κ2) is 12.1. The predicted molar refractivity (Wildman–Crippen MR) is 210 cm³/mol. The maximum atomic E-state index is 10.6. The number of nitrogens with zero attached hydrogens (tertiary/aromatic N) is 3. The maximum absolute atomic E-state index is 10.6. The van der Waals surface area contributed by atoms with E-state index in [9.17, 15) is 5.26 Å². The van der Waals surface area contributed by atoms with Crippen LogP contribution in [-0.2, 0) is 5.41 Å². The van der Waals surface area contributed by atoms with Crippen molar-refractivity contribution in [3.63, 3.8) is 0 Å². The minimum absolute atomic E-state index is 0.564. The molecule has 10 rings (SSSR count). The quantitative estimate of drug-likeness (QED) is 0.186. The molecular weight excluding hydrogens is 651 g/mol. The topological polar surface area (TPSA) is 49.6 Å². The highest BCUT2D eigenvalue weighted by atomic mass is 32.2. The highest BCUT2D eigenvalue weighted by molar-refractivity contribution is 7.99. The number of nitriles is 1. The Labute approximate surface area is 307 Å². The van der Waals surface area contributed by atoms with Crippen LogP contribution in [0.5, 0.6) is 0 Å². The largest absolute Gasteiger partial charge is 0.228 e. The van der Waals surface area contributed by atoms with Gasteiger partial charge in [-0.3, -0.25) is 0 Å². The van der Waals surface area contributed by atoms with Crippen molar-refractivity contribution in [2.75, 3.05) is 0 Å². The molecule has 0 bridgehead atoms. The van der Waals surface area contributed by atoms with Gasteiger partial charge in [-0.1, -0.05) is 157 Å². The molecule has 0 atom stereocenters. The molecule has 2 aliphatic rings. The fourth-order valence-electron chi connectivity index (χ4n) is 8.24. The zero-order valence-electron chi connectivity index (χ0n) is 28.0. The van der Waals surface area contributed by atoms with Crippen LogP contribution in [0, 0.1) is 11.3 Å². The van der Waals surface area contributed by atoms with Gasteiger partial charge in [0.2, 0.25) is 0 Å². The summed E-state index contributed by atoms with van der Waals surface area (Å²) in [5, 5.41) is 10.6. The van der Waals surface area contributed by atoms with Crippen LogP contribution in [0.3, 0.4) is 0 Å². The molecule has 0 N–H and O–H groups in total. The molecule has 0 saturated carbocycles. The van der Waals surface area contributed by atoms with Crippen molar-refractivity contribution in [2.24, 2.45) is 0 Å². The van der Waals surface area contributed by atoms with Crippen LogP contribution >= 0.6 is 11.8 Å². The average molecular weight is 680 g/mol. The minimum atomic E-state index is -0.564. The lowest BCUT2D eigenvalue weighted by Gasteiger charge is -2.39. The predicted octanol–water partition coefficient (Wildman–Crippen LogP) is 11.8. The summed E-state index contributed by atoms with van der Waals surface area (Å²) in [6.45, 7) is 0. The van der Waals surface area contributed by atoms with Crippen LogP contribution in [0.25, 0.3) is 56.2 Å². The Hall–Kier alpha value is -6.54. The molecule has 0 radical (unpaired) electrons. The number of fused-ring (bicyclic) bond motifs is 9. The first kappa shape index (κ1) is 30.3. The molecule has 1 aliphatic heterocycles. The zero-order valence-corrected chi connectivity index (χ0v) is 28.8. The van der Waals surface area contributed by atoms with Crippen molar-refractivity contribution in [3.05, 3.63) is 204 Å². The third-order valence-electron chi connectivity index (χ3n) is 10.4. The van der Waals surface area contributed by atoms with Gasteiger partial charge in [-0.05, 0) is 69.3 Å². The van der Waals surface area contributed by atoms with E-state index in [1.54, 1.807) is 0 Å². The standard InChI is InChI=1S/C48H29N3S/c49-30-35-20-12-24-39-45(35)46-36(21-13-25-40(46)48(39)37-22-7-9-26-43(37)52-44-27-10-8-23-38(44)48)33-18-11-19-34(28-33)42-29-41(31-14-3-1-4-15-31)50-47(51-42)32-16-5-2-6-17-32/h1-29H. The van der Waals surface area contributed by atoms with E-state index in [4.69, 9.17) is 9.97 Å². The Balaban J connectivity index is 1.22. The number of rotatable bonds is 4. The molecule has 2 heterocycles. The molecule has 242 valence electrons. The molecule has 52 heavy (non-hydrogen) atoms. The van der Waals surface area contributed by atoms with Crippen molar-refractivity contribution in [1.29, 1.82) is 5.26 Å². The van der Waals surface area contributed by atoms with Crippen molar-refractivity contribution in [3.8, 4) is 62.2 Å². The van der Waals surface area contributed by atoms with Crippen molar-refractivity contribution >= 4 is 11.8 Å². The number of benzene rings is 7. The van der Waals surface area contributed by atoms with E-state index >= 15 is 0 Å². The van der Waals surface area contributed by atoms with Gasteiger partial charge >= 0.3 is 0 Å². The lowest BCUT2D eigenvalue weighted by Crippen LogP contribution is -2.31. The summed E-state index contributed by atoms with van der Waals surface area (Å²) >= 11 is 1.82. The minimum Gasteiger partial charge on any atom is -0.228 e. The van der Waals surface area contributed by atoms with Gasteiger partial charge in [0.05, 0.1) is 28.4 Å². The molecule has 4 heteroatoms. The molecule has 3 nitrogen and oxygen atoms in total. The molecule has 8 aromatic rings. The Morgan fingerprint density at radius 1 is 0.442 bits per heavy atom. The van der Waals surface area contributed by atoms with Crippen molar-refractivity contribution in [1.82, 2.24) is 9.97 Å². The van der Waals surface area contributed by atoms with E-state index in [2.05, 4.69) is 133 Å². The van der Waals surface area contributed by atoms with Crippen LogP contribution in [-0.4, -0.2) is 9.97 Å². The summed E-state index contributed by atoms with van der Waals surface area (Å²) in [5.74, 6) is 0.685. The normalized spacial score (nSPS) is 13.1. The molecule has 1 aliphatic carbocycles. The lowest BCUT2D eigenvalue weighted by molar-refractivity contribution is 0.722. The second-order valence-corrected chi connectivity index (χ2v) is 14.3. The van der Waals surface area contributed by atoms with E-state index in [-0.39, 0.29) is 0 Å². The molecule has 0 fully saturated rings. The average Bonchev–Trinajstić information content (AvgIpc) is 3.52. The Morgan fingerprint density at radius 3 is 1.65 bits per heavy atom. The van der Waals surface area contributed by atoms with Crippen molar-refractivity contribution < 1.29 is 0 Å². The maximum Gasteiger partial charge on any atom is 0.160 e. The molecular formula is C48H29N3S. The first-order valence-electron chi connectivity index (χ1n) is 17.4. The van der Waals surface area contributed by atoms with Gasteiger partial charge in [0.15, 0.2) is 5.82 Å². The Morgan fingerprint density at radius 2 is 0.962 bits per heavy atom. The van der Waals surface area contributed by atoms with Gasteiger partial charge in [0.1, 0.15) is 0 Å². The van der Waals surface area contributed by atoms with E-state index in [1.165, 1.54) is 26.5 Å². The van der Waals surface area contributed by atoms with Crippen LogP contribution < -0.4 is 0 Å². The summed E-state index contributed by atoms with van der Waals surface area (Å²) in [5.41, 5.74) is 14.0. The highest BCUT2D eigenvalue weighted by Crippen LogP contribution is 2.63. The summed E-state index contributed by atoms with van der Waals surface area (Å²) in [6.07, 6.45) is 0. The Kier molecular flexibility index (Phi) is 7.02. The Bertz CT molecular complexity index is 2630. The first-order chi connectivity index (χ1) is 25.7. The van der Waals surface area contributed by atoms with E-state index in [1.807, 2.05) is 60.3 Å². The zero-order chi connectivity index (χ0) is 34.6. The van der Waals surface area contributed by atoms with Crippen LogP contribution in [0.1, 0.15) is 27.8 Å². The molecule has 1 spiro atoms. The summed E-state index contributed by atoms with van der Waals surface area (Å²) in [7, 11) is 0. The fourth-order valence-corrected chi connectivity index (χ4v) is 9.43. The number of hydrogen-bond acceptors (Lipinski definition) is 4. The fraction of sp³-hybridized carbons (Fsp3) is 0.0208. The van der Waals surface area contributed by atoms with Crippen LogP contribution in [0.4, 0.5) is 0 Å². The van der Waals surface area contributed by atoms with Gasteiger partial charge in [0.25, 0.3) is 0 Å². The van der Waals surface area contributed by atoms with Crippen molar-refractivity contribution in [2.45, 2.75) is 15.2 Å². The second-order valence-electron chi connectivity index (χ2n) is 13.2. The summed E-state index contributed by atoms with van der Waals surface area (Å²) < 4.78 is 0. The van der Waals surface area contributed by atoms with Gasteiger partial charge < -0.3 is 0 Å². The lowest BCUT2D eigenvalue weighted by atomic mass is 9.67. The highest BCUT2D eigenvalue weighted by Gasteiger charge is 2.51. The van der Waals surface area contributed by atoms with Gasteiger partial charge in [-0.2, -0.15) is 5.26 Å². The van der Waals surface area contributed by atoms with E-state index in [0.29, 0.717) is 11.4 Å². The first-order valence-corrected chi connectivity index (χ1v) is 18.2. The van der Waals surface area contributed by atoms with Gasteiger partial charge in [-0.25, -0.2) is 9.97 Å². The van der Waals surface area contributed by atoms with Gasteiger partial charge in [0, 0.05) is 32.0 Å². The SMILES string of the molecule is N#Cc1cccc2c1-c1c(-c3cccc(-c4cc(-c5ccccc5)nc(-c5ccccc5)n4)c3)cccc1C21c2ccccc2Sc2ccccc21. The van der Waals surface area contributed by atoms with E-state index in [0.717, 1.165) is 55.9 Å². The molecule has 0 saturated heterocycles. The molecule has 0 unspecified atom stereocenters. The number of aromatic nitrogens is 2. The molecule has 1 aromatic heterocycles. The number of hydrogen-bond donors (Lipinski definition) is 0. The van der Waals surface area contributed by atoms with Crippen LogP contribution in [0.2, 0.25) is 0 Å². The summed E-state index contributed by atoms with van der Waals surface area (Å²) in [4.78, 5) is 12.6. The molecule has 0 amide bonds. The van der Waals surface area contributed by atoms with Gasteiger partial charge in [-0.15, -0.1) is 0 Å². The molecule has 7 aromatic carbocycles.